The van der Waals surface area contributed by atoms with Gasteiger partial charge in [0.15, 0.2) is 5.82 Å². The maximum atomic E-state index is 9.16. The lowest BCUT2D eigenvalue weighted by molar-refractivity contribution is 0.00174. The Labute approximate surface area is 192 Å². The predicted octanol–water partition coefficient (Wildman–Crippen LogP) is 6.18. The van der Waals surface area contributed by atoms with E-state index in [-0.39, 0.29) is 5.54 Å². The van der Waals surface area contributed by atoms with Crippen LogP contribution in [0.3, 0.4) is 0 Å². The van der Waals surface area contributed by atoms with Gasteiger partial charge in [-0.1, -0.05) is 23.7 Å². The molecule has 1 aliphatic heterocycles. The molecule has 8 rings (SSSR count). The number of benzene rings is 2. The van der Waals surface area contributed by atoms with Crippen molar-refractivity contribution in [3.63, 3.8) is 0 Å². The molecule has 4 saturated carbocycles. The van der Waals surface area contributed by atoms with Gasteiger partial charge in [-0.15, -0.1) is 0 Å². The van der Waals surface area contributed by atoms with E-state index < -0.39 is 0 Å². The van der Waals surface area contributed by atoms with Gasteiger partial charge in [-0.2, -0.15) is 5.26 Å². The molecule has 2 aromatic carbocycles. The Morgan fingerprint density at radius 2 is 1.69 bits per heavy atom. The molecule has 4 bridgehead atoms. The third-order valence-corrected chi connectivity index (χ3v) is 8.33. The molecule has 0 saturated heterocycles. The van der Waals surface area contributed by atoms with Crippen LogP contribution in [0.1, 0.15) is 55.5 Å². The quantitative estimate of drug-likeness (QED) is 0.375. The fraction of sp³-hybridized carbons (Fsp3) is 0.370. The number of hydrogen-bond acceptors (Lipinski definition) is 3. The summed E-state index contributed by atoms with van der Waals surface area (Å²) < 4.78 is 2.21. The summed E-state index contributed by atoms with van der Waals surface area (Å²) in [6.45, 7) is 0. The zero-order valence-electron chi connectivity index (χ0n) is 17.8. The molecule has 0 spiro atoms. The first-order valence-corrected chi connectivity index (χ1v) is 12.0. The average molecular weight is 439 g/mol. The summed E-state index contributed by atoms with van der Waals surface area (Å²) in [5, 5.41) is 9.89. The molecule has 4 aliphatic carbocycles. The third-order valence-electron chi connectivity index (χ3n) is 8.09. The molecule has 0 radical (unpaired) electrons. The number of aromatic nitrogens is 2. The zero-order valence-corrected chi connectivity index (χ0v) is 18.5. The second-order valence-electron chi connectivity index (χ2n) is 10.3. The van der Waals surface area contributed by atoms with E-state index in [0.717, 1.165) is 56.8 Å². The maximum absolute atomic E-state index is 9.16. The summed E-state index contributed by atoms with van der Waals surface area (Å²) in [5.74, 6) is 3.46. The molecule has 2 heterocycles. The van der Waals surface area contributed by atoms with Gasteiger partial charge < -0.3 is 0 Å². The lowest BCUT2D eigenvalue weighted by Crippen LogP contribution is -2.49. The smallest absolute Gasteiger partial charge is 0.164 e. The van der Waals surface area contributed by atoms with Crippen LogP contribution < -0.4 is 0 Å². The second kappa shape index (κ2) is 6.56. The van der Waals surface area contributed by atoms with Crippen molar-refractivity contribution in [3.05, 3.63) is 70.6 Å². The molecule has 32 heavy (non-hydrogen) atoms. The van der Waals surface area contributed by atoms with Crippen LogP contribution in [-0.2, 0) is 0 Å². The third kappa shape index (κ3) is 2.67. The molecule has 4 fully saturated rings. The zero-order chi connectivity index (χ0) is 21.4. The van der Waals surface area contributed by atoms with Gasteiger partial charge in [-0.05, 0) is 86.6 Å². The van der Waals surface area contributed by atoms with Crippen molar-refractivity contribution >= 4 is 17.3 Å². The Bertz CT molecular complexity index is 1290. The minimum atomic E-state index is 0.0688. The molecule has 5 heteroatoms. The standard InChI is InChI=1S/C27H23ClN4/c28-21-5-6-23-22(10-21)25(31-27-11-17-7-18(12-27)9-19(8-17)13-27)26-30-15-24(32(23)26)20-3-1-16(14-29)2-4-20/h1-6,10,15,17-19H,7-9,11-13H2. The Morgan fingerprint density at radius 1 is 1.00 bits per heavy atom. The van der Waals surface area contributed by atoms with Gasteiger partial charge in [0.05, 0.1) is 34.7 Å². The summed E-state index contributed by atoms with van der Waals surface area (Å²) in [4.78, 5) is 10.4. The Morgan fingerprint density at radius 3 is 2.34 bits per heavy atom. The number of nitriles is 1. The van der Waals surface area contributed by atoms with E-state index in [2.05, 4.69) is 16.7 Å². The summed E-state index contributed by atoms with van der Waals surface area (Å²) in [7, 11) is 0. The topological polar surface area (TPSA) is 54.0 Å². The van der Waals surface area contributed by atoms with Gasteiger partial charge in [-0.3, -0.25) is 9.56 Å². The van der Waals surface area contributed by atoms with Crippen molar-refractivity contribution in [3.8, 4) is 23.0 Å². The van der Waals surface area contributed by atoms with E-state index in [9.17, 15) is 0 Å². The first-order valence-electron chi connectivity index (χ1n) is 11.6. The Hall–Kier alpha value is -2.90. The lowest BCUT2D eigenvalue weighted by atomic mass is 9.53. The van der Waals surface area contributed by atoms with Crippen LogP contribution in [0.2, 0.25) is 5.02 Å². The van der Waals surface area contributed by atoms with Gasteiger partial charge >= 0.3 is 0 Å². The van der Waals surface area contributed by atoms with Gasteiger partial charge in [0.2, 0.25) is 0 Å². The molecule has 4 nitrogen and oxygen atoms in total. The number of imidazole rings is 1. The average Bonchev–Trinajstić information content (AvgIpc) is 3.32. The normalized spacial score (nSPS) is 30.4. The molecule has 158 valence electrons. The van der Waals surface area contributed by atoms with Crippen molar-refractivity contribution in [2.45, 2.75) is 44.1 Å². The van der Waals surface area contributed by atoms with E-state index >= 15 is 0 Å². The van der Waals surface area contributed by atoms with Crippen molar-refractivity contribution in [2.24, 2.45) is 22.7 Å². The van der Waals surface area contributed by atoms with Gasteiger partial charge in [0.25, 0.3) is 0 Å². The Kier molecular flexibility index (Phi) is 3.82. The highest BCUT2D eigenvalue weighted by Crippen LogP contribution is 2.57. The second-order valence-corrected chi connectivity index (χ2v) is 10.7. The predicted molar refractivity (Wildman–Crippen MR) is 125 cm³/mol. The molecular weight excluding hydrogens is 416 g/mol. The van der Waals surface area contributed by atoms with Crippen molar-refractivity contribution in [1.29, 1.82) is 5.26 Å². The minimum Gasteiger partial charge on any atom is -0.290 e. The highest BCUT2D eigenvalue weighted by molar-refractivity contribution is 6.31. The lowest BCUT2D eigenvalue weighted by Gasteiger charge is -2.55. The summed E-state index contributed by atoms with van der Waals surface area (Å²) in [5.41, 5.74) is 5.97. The highest BCUT2D eigenvalue weighted by atomic mass is 35.5. The minimum absolute atomic E-state index is 0.0688. The van der Waals surface area contributed by atoms with Crippen LogP contribution in [0.5, 0.6) is 0 Å². The molecule has 0 N–H and O–H groups in total. The largest absolute Gasteiger partial charge is 0.290 e. The molecule has 5 aliphatic rings. The van der Waals surface area contributed by atoms with Crippen LogP contribution in [0.4, 0.5) is 0 Å². The number of halogens is 1. The Balaban J connectivity index is 1.40. The SMILES string of the molecule is N#Cc1ccc(-c2cnc3n2-c2ccc(Cl)cc2C3=NC23CC4CC(CC(C4)C2)C3)cc1. The van der Waals surface area contributed by atoms with Crippen LogP contribution in [-0.4, -0.2) is 20.8 Å². The molecule has 0 atom stereocenters. The van der Waals surface area contributed by atoms with E-state index in [1.807, 2.05) is 42.6 Å². The molecular formula is C27H23ClN4. The molecule has 3 aromatic rings. The van der Waals surface area contributed by atoms with Gasteiger partial charge in [-0.25, -0.2) is 4.98 Å². The van der Waals surface area contributed by atoms with Crippen LogP contribution in [0.15, 0.2) is 53.7 Å². The van der Waals surface area contributed by atoms with E-state index in [0.29, 0.717) is 5.56 Å². The number of nitrogens with zero attached hydrogens (tertiary/aromatic N) is 4. The number of hydrogen-bond donors (Lipinski definition) is 0. The van der Waals surface area contributed by atoms with Crippen molar-refractivity contribution in [1.82, 2.24) is 9.55 Å². The molecule has 1 aromatic heterocycles. The van der Waals surface area contributed by atoms with Crippen LogP contribution in [0.25, 0.3) is 16.9 Å². The van der Waals surface area contributed by atoms with Crippen molar-refractivity contribution < 1.29 is 0 Å². The van der Waals surface area contributed by atoms with E-state index in [1.165, 1.54) is 38.5 Å². The van der Waals surface area contributed by atoms with Crippen LogP contribution in [0, 0.1) is 29.1 Å². The number of aliphatic imine (C=N–C) groups is 1. The fourth-order valence-corrected chi connectivity index (χ4v) is 7.42. The van der Waals surface area contributed by atoms with Gasteiger partial charge in [0, 0.05) is 16.1 Å². The fourth-order valence-electron chi connectivity index (χ4n) is 7.24. The molecule has 0 amide bonds. The first kappa shape index (κ1) is 18.7. The summed E-state index contributed by atoms with van der Waals surface area (Å²) in [6.07, 6.45) is 9.83. The first-order chi connectivity index (χ1) is 15.6. The van der Waals surface area contributed by atoms with E-state index in [4.69, 9.17) is 26.8 Å². The summed E-state index contributed by atoms with van der Waals surface area (Å²) in [6, 6.07) is 16.0. The number of fused-ring (bicyclic) bond motifs is 3. The van der Waals surface area contributed by atoms with Gasteiger partial charge in [0.1, 0.15) is 5.71 Å². The summed E-state index contributed by atoms with van der Waals surface area (Å²) >= 11 is 6.45. The van der Waals surface area contributed by atoms with Crippen LogP contribution >= 0.6 is 11.6 Å². The molecule has 0 unspecified atom stereocenters. The maximum Gasteiger partial charge on any atom is 0.164 e. The van der Waals surface area contributed by atoms with E-state index in [1.54, 1.807) is 0 Å². The highest BCUT2D eigenvalue weighted by Gasteiger charge is 2.51. The van der Waals surface area contributed by atoms with Crippen molar-refractivity contribution in [2.75, 3.05) is 0 Å². The monoisotopic (exact) mass is 438 g/mol. The number of rotatable bonds is 2.